The standard InChI is InChI=1S/C17H25NO3/c1-2-21-15-9-7-13(8-10-15)11-17(20)18-16-6-4-3-5-14(16)12-19/h7-10,14,16,19H,2-6,11-12H2,1H3,(H,18,20). The number of aliphatic hydroxyl groups is 1. The molecule has 1 aromatic carbocycles. The highest BCUT2D eigenvalue weighted by molar-refractivity contribution is 5.78. The lowest BCUT2D eigenvalue weighted by molar-refractivity contribution is -0.121. The van der Waals surface area contributed by atoms with Crippen LogP contribution in [0.15, 0.2) is 24.3 Å². The lowest BCUT2D eigenvalue weighted by atomic mass is 9.85. The molecule has 21 heavy (non-hydrogen) atoms. The van der Waals surface area contributed by atoms with E-state index in [0.717, 1.165) is 37.0 Å². The van der Waals surface area contributed by atoms with Crippen molar-refractivity contribution in [3.63, 3.8) is 0 Å². The summed E-state index contributed by atoms with van der Waals surface area (Å²) < 4.78 is 5.39. The molecule has 0 aliphatic heterocycles. The van der Waals surface area contributed by atoms with Crippen molar-refractivity contribution >= 4 is 5.91 Å². The van der Waals surface area contributed by atoms with Crippen LogP contribution in [0.5, 0.6) is 5.75 Å². The van der Waals surface area contributed by atoms with Crippen molar-refractivity contribution in [1.29, 1.82) is 0 Å². The molecule has 4 heteroatoms. The van der Waals surface area contributed by atoms with Gasteiger partial charge in [-0.25, -0.2) is 0 Å². The van der Waals surface area contributed by atoms with Gasteiger partial charge in [0.15, 0.2) is 0 Å². The lowest BCUT2D eigenvalue weighted by Gasteiger charge is -2.30. The van der Waals surface area contributed by atoms with Crippen molar-refractivity contribution in [2.45, 2.75) is 45.1 Å². The van der Waals surface area contributed by atoms with E-state index in [1.54, 1.807) is 0 Å². The van der Waals surface area contributed by atoms with Crippen LogP contribution in [0.2, 0.25) is 0 Å². The Bertz CT molecular complexity index is 444. The van der Waals surface area contributed by atoms with Crippen molar-refractivity contribution in [3.8, 4) is 5.75 Å². The predicted molar refractivity (Wildman–Crippen MR) is 82.3 cm³/mol. The Morgan fingerprint density at radius 3 is 2.67 bits per heavy atom. The number of benzene rings is 1. The van der Waals surface area contributed by atoms with Crippen LogP contribution in [0.25, 0.3) is 0 Å². The molecule has 2 unspecified atom stereocenters. The van der Waals surface area contributed by atoms with Crippen molar-refractivity contribution in [2.75, 3.05) is 13.2 Å². The molecule has 0 aromatic heterocycles. The van der Waals surface area contributed by atoms with Crippen LogP contribution in [-0.4, -0.2) is 30.3 Å². The van der Waals surface area contributed by atoms with Crippen molar-refractivity contribution < 1.29 is 14.6 Å². The summed E-state index contributed by atoms with van der Waals surface area (Å²) in [4.78, 5) is 12.1. The molecule has 0 heterocycles. The van der Waals surface area contributed by atoms with E-state index in [1.807, 2.05) is 31.2 Å². The predicted octanol–water partition coefficient (Wildman–Crippen LogP) is 2.30. The van der Waals surface area contributed by atoms with Gasteiger partial charge >= 0.3 is 0 Å². The summed E-state index contributed by atoms with van der Waals surface area (Å²) in [6, 6.07) is 7.76. The molecular formula is C17H25NO3. The van der Waals surface area contributed by atoms with Gasteiger partial charge in [0.1, 0.15) is 5.75 Å². The van der Waals surface area contributed by atoms with Crippen molar-refractivity contribution in [3.05, 3.63) is 29.8 Å². The fourth-order valence-electron chi connectivity index (χ4n) is 2.93. The van der Waals surface area contributed by atoms with E-state index in [2.05, 4.69) is 5.32 Å². The summed E-state index contributed by atoms with van der Waals surface area (Å²) in [5.74, 6) is 1.07. The maximum absolute atomic E-state index is 12.1. The number of ether oxygens (including phenoxy) is 1. The quantitative estimate of drug-likeness (QED) is 0.845. The Balaban J connectivity index is 1.85. The van der Waals surface area contributed by atoms with Crippen LogP contribution >= 0.6 is 0 Å². The van der Waals surface area contributed by atoms with Gasteiger partial charge in [-0.15, -0.1) is 0 Å². The molecule has 1 fully saturated rings. The molecular weight excluding hydrogens is 266 g/mol. The molecule has 116 valence electrons. The Hall–Kier alpha value is -1.55. The van der Waals surface area contributed by atoms with Gasteiger partial charge in [-0.05, 0) is 37.5 Å². The Kier molecular flexibility index (Phi) is 6.05. The maximum Gasteiger partial charge on any atom is 0.224 e. The first-order valence-electron chi connectivity index (χ1n) is 7.85. The number of rotatable bonds is 6. The molecule has 0 saturated heterocycles. The van der Waals surface area contributed by atoms with Crippen LogP contribution in [0.1, 0.15) is 38.2 Å². The van der Waals surface area contributed by atoms with Crippen LogP contribution in [0, 0.1) is 5.92 Å². The zero-order chi connectivity index (χ0) is 15.1. The minimum absolute atomic E-state index is 0.0320. The SMILES string of the molecule is CCOc1ccc(CC(=O)NC2CCCCC2CO)cc1. The number of carbonyl (C=O) groups excluding carboxylic acids is 1. The first-order chi connectivity index (χ1) is 10.2. The number of aliphatic hydroxyl groups excluding tert-OH is 1. The zero-order valence-corrected chi connectivity index (χ0v) is 12.7. The third kappa shape index (κ3) is 4.74. The number of nitrogens with one attached hydrogen (secondary N) is 1. The molecule has 2 N–H and O–H groups in total. The largest absolute Gasteiger partial charge is 0.494 e. The summed E-state index contributed by atoms with van der Waals surface area (Å²) in [5.41, 5.74) is 0.979. The van der Waals surface area contributed by atoms with Gasteiger partial charge in [0, 0.05) is 18.6 Å². The second-order valence-electron chi connectivity index (χ2n) is 5.65. The topological polar surface area (TPSA) is 58.6 Å². The smallest absolute Gasteiger partial charge is 0.224 e. The monoisotopic (exact) mass is 291 g/mol. The summed E-state index contributed by atoms with van der Waals surface area (Å²) in [7, 11) is 0. The van der Waals surface area contributed by atoms with Gasteiger partial charge < -0.3 is 15.2 Å². The van der Waals surface area contributed by atoms with E-state index < -0.39 is 0 Å². The third-order valence-electron chi connectivity index (χ3n) is 4.09. The van der Waals surface area contributed by atoms with Crippen LogP contribution in [0.3, 0.4) is 0 Å². The molecule has 1 saturated carbocycles. The van der Waals surface area contributed by atoms with E-state index >= 15 is 0 Å². The van der Waals surface area contributed by atoms with Crippen LogP contribution in [0.4, 0.5) is 0 Å². The second-order valence-corrected chi connectivity index (χ2v) is 5.65. The molecule has 0 bridgehead atoms. The molecule has 0 spiro atoms. The molecule has 1 aliphatic rings. The van der Waals surface area contributed by atoms with Gasteiger partial charge in [0.25, 0.3) is 0 Å². The summed E-state index contributed by atoms with van der Waals surface area (Å²) in [5, 5.41) is 12.5. The van der Waals surface area contributed by atoms with Gasteiger partial charge in [-0.3, -0.25) is 4.79 Å². The minimum atomic E-state index is 0.0320. The summed E-state index contributed by atoms with van der Waals surface area (Å²) in [6.07, 6.45) is 4.63. The molecule has 0 radical (unpaired) electrons. The number of amides is 1. The summed E-state index contributed by atoms with van der Waals surface area (Å²) in [6.45, 7) is 2.75. The first-order valence-corrected chi connectivity index (χ1v) is 7.85. The Labute approximate surface area is 126 Å². The number of hydrogen-bond acceptors (Lipinski definition) is 3. The molecule has 1 amide bonds. The van der Waals surface area contributed by atoms with Crippen LogP contribution in [-0.2, 0) is 11.2 Å². The highest BCUT2D eigenvalue weighted by Gasteiger charge is 2.25. The number of hydrogen-bond donors (Lipinski definition) is 2. The zero-order valence-electron chi connectivity index (χ0n) is 12.7. The highest BCUT2D eigenvalue weighted by Crippen LogP contribution is 2.24. The normalized spacial score (nSPS) is 21.8. The van der Waals surface area contributed by atoms with E-state index in [4.69, 9.17) is 4.74 Å². The maximum atomic E-state index is 12.1. The fraction of sp³-hybridized carbons (Fsp3) is 0.588. The van der Waals surface area contributed by atoms with Gasteiger partial charge in [-0.2, -0.15) is 0 Å². The Morgan fingerprint density at radius 1 is 1.29 bits per heavy atom. The highest BCUT2D eigenvalue weighted by atomic mass is 16.5. The van der Waals surface area contributed by atoms with E-state index in [-0.39, 0.29) is 24.5 Å². The Morgan fingerprint density at radius 2 is 2.00 bits per heavy atom. The average molecular weight is 291 g/mol. The third-order valence-corrected chi connectivity index (χ3v) is 4.09. The molecule has 2 rings (SSSR count). The molecule has 4 nitrogen and oxygen atoms in total. The van der Waals surface area contributed by atoms with Crippen LogP contribution < -0.4 is 10.1 Å². The molecule has 1 aromatic rings. The van der Waals surface area contributed by atoms with E-state index in [0.29, 0.717) is 13.0 Å². The van der Waals surface area contributed by atoms with Crippen molar-refractivity contribution in [2.24, 2.45) is 5.92 Å². The van der Waals surface area contributed by atoms with Gasteiger partial charge in [0.2, 0.25) is 5.91 Å². The lowest BCUT2D eigenvalue weighted by Crippen LogP contribution is -2.44. The van der Waals surface area contributed by atoms with Gasteiger partial charge in [-0.1, -0.05) is 25.0 Å². The molecule has 2 atom stereocenters. The minimum Gasteiger partial charge on any atom is -0.494 e. The van der Waals surface area contributed by atoms with E-state index in [9.17, 15) is 9.90 Å². The molecule has 1 aliphatic carbocycles. The fourth-order valence-corrected chi connectivity index (χ4v) is 2.93. The summed E-state index contributed by atoms with van der Waals surface area (Å²) >= 11 is 0. The van der Waals surface area contributed by atoms with E-state index in [1.165, 1.54) is 0 Å². The number of carbonyl (C=O) groups is 1. The first kappa shape index (κ1) is 15.8. The van der Waals surface area contributed by atoms with Gasteiger partial charge in [0.05, 0.1) is 13.0 Å². The average Bonchev–Trinajstić information content (AvgIpc) is 2.50. The second kappa shape index (κ2) is 8.03. The van der Waals surface area contributed by atoms with Crippen molar-refractivity contribution in [1.82, 2.24) is 5.32 Å².